The van der Waals surface area contributed by atoms with Gasteiger partial charge in [0, 0.05) is 17.6 Å². The molecule has 2 aromatic rings. The normalized spacial score (nSPS) is 9.06. The van der Waals surface area contributed by atoms with E-state index in [9.17, 15) is 4.79 Å². The molecule has 18 heavy (non-hydrogen) atoms. The summed E-state index contributed by atoms with van der Waals surface area (Å²) in [6.45, 7) is 5.93. The van der Waals surface area contributed by atoms with Gasteiger partial charge in [0.2, 0.25) is 0 Å². The Bertz CT molecular complexity index is 477. The monoisotopic (exact) mass is 245 g/mol. The molecule has 0 aliphatic carbocycles. The Kier molecular flexibility index (Phi) is 5.51. The third kappa shape index (κ3) is 4.33. The summed E-state index contributed by atoms with van der Waals surface area (Å²) in [7, 11) is 0. The molecule has 0 fully saturated rings. The lowest BCUT2D eigenvalue weighted by Gasteiger charge is -2.05. The maximum absolute atomic E-state index is 11.6. The number of hydrogen-bond acceptors (Lipinski definition) is 1. The van der Waals surface area contributed by atoms with Crippen molar-refractivity contribution >= 4 is 17.4 Å². The van der Waals surface area contributed by atoms with Crippen molar-refractivity contribution in [2.75, 3.05) is 10.6 Å². The maximum atomic E-state index is 11.6. The molecule has 4 heteroatoms. The molecule has 0 atom stereocenters. The molecule has 1 aromatic carbocycles. The van der Waals surface area contributed by atoms with Crippen molar-refractivity contribution in [3.05, 3.63) is 48.3 Å². The number of para-hydroxylation sites is 1. The largest absolute Gasteiger partial charge is 0.363 e. The van der Waals surface area contributed by atoms with Gasteiger partial charge in [0.15, 0.2) is 0 Å². The summed E-state index contributed by atoms with van der Waals surface area (Å²) in [6, 6.07) is 10.9. The lowest BCUT2D eigenvalue weighted by molar-refractivity contribution is 0.262. The number of carbonyl (C=O) groups excluding carboxylic acids is 1. The van der Waals surface area contributed by atoms with Gasteiger partial charge in [0.1, 0.15) is 0 Å². The Hall–Kier alpha value is -2.23. The van der Waals surface area contributed by atoms with Crippen LogP contribution < -0.4 is 10.6 Å². The number of benzene rings is 1. The molecule has 96 valence electrons. The molecular formula is C14H19N3O. The van der Waals surface area contributed by atoms with Crippen molar-refractivity contribution in [2.45, 2.75) is 20.8 Å². The van der Waals surface area contributed by atoms with Gasteiger partial charge in [-0.2, -0.15) is 0 Å². The lowest BCUT2D eigenvalue weighted by Crippen LogP contribution is -2.18. The molecular weight excluding hydrogens is 226 g/mol. The van der Waals surface area contributed by atoms with Crippen molar-refractivity contribution < 1.29 is 4.79 Å². The maximum Gasteiger partial charge on any atom is 0.323 e. The summed E-state index contributed by atoms with van der Waals surface area (Å²) in [6.07, 6.45) is 1.75. The first-order chi connectivity index (χ1) is 8.74. The van der Waals surface area contributed by atoms with Crippen LogP contribution in [0.25, 0.3) is 0 Å². The number of aromatic nitrogens is 1. The Morgan fingerprint density at radius 1 is 1.06 bits per heavy atom. The molecule has 0 saturated heterocycles. The average Bonchev–Trinajstić information content (AvgIpc) is 2.78. The first-order valence-corrected chi connectivity index (χ1v) is 6.02. The number of rotatable bonds is 2. The van der Waals surface area contributed by atoms with Crippen LogP contribution in [0.3, 0.4) is 0 Å². The third-order valence-electron chi connectivity index (χ3n) is 2.12. The van der Waals surface area contributed by atoms with Crippen molar-refractivity contribution in [1.82, 2.24) is 4.98 Å². The zero-order valence-corrected chi connectivity index (χ0v) is 10.9. The van der Waals surface area contributed by atoms with E-state index in [1.54, 1.807) is 6.20 Å². The predicted octanol–water partition coefficient (Wildman–Crippen LogP) is 3.99. The molecule has 0 bridgehead atoms. The molecule has 1 heterocycles. The van der Waals surface area contributed by atoms with Crippen LogP contribution in [0.5, 0.6) is 0 Å². The Balaban J connectivity index is 0.000000771. The molecule has 3 N–H and O–H groups in total. The van der Waals surface area contributed by atoms with Crippen LogP contribution in [0.15, 0.2) is 42.6 Å². The molecule has 0 radical (unpaired) electrons. The van der Waals surface area contributed by atoms with E-state index in [2.05, 4.69) is 15.6 Å². The molecule has 2 rings (SSSR count). The number of H-pyrrole nitrogens is 1. The van der Waals surface area contributed by atoms with E-state index in [1.165, 1.54) is 0 Å². The minimum Gasteiger partial charge on any atom is -0.363 e. The predicted molar refractivity (Wildman–Crippen MR) is 76.0 cm³/mol. The van der Waals surface area contributed by atoms with Crippen LogP contribution in [-0.4, -0.2) is 11.0 Å². The molecule has 4 nitrogen and oxygen atoms in total. The Labute approximate surface area is 107 Å². The number of carbonyl (C=O) groups is 1. The van der Waals surface area contributed by atoms with E-state index >= 15 is 0 Å². The SMILES string of the molecule is CC.Cc1cc(NC(=O)Nc2ccccc2)c[nH]1. The number of amides is 2. The Morgan fingerprint density at radius 3 is 2.22 bits per heavy atom. The van der Waals surface area contributed by atoms with Crippen molar-refractivity contribution in [2.24, 2.45) is 0 Å². The molecule has 0 aliphatic heterocycles. The highest BCUT2D eigenvalue weighted by molar-refractivity contribution is 5.99. The van der Waals surface area contributed by atoms with Crippen molar-refractivity contribution in [3.8, 4) is 0 Å². The summed E-state index contributed by atoms with van der Waals surface area (Å²) in [5, 5.41) is 5.47. The second-order valence-electron chi connectivity index (χ2n) is 3.52. The number of aromatic amines is 1. The van der Waals surface area contributed by atoms with Gasteiger partial charge in [-0.1, -0.05) is 32.0 Å². The second kappa shape index (κ2) is 7.17. The van der Waals surface area contributed by atoms with Crippen LogP contribution in [0.4, 0.5) is 16.2 Å². The summed E-state index contributed by atoms with van der Waals surface area (Å²) in [4.78, 5) is 14.6. The summed E-state index contributed by atoms with van der Waals surface area (Å²) in [5.41, 5.74) is 2.54. The van der Waals surface area contributed by atoms with Gasteiger partial charge in [-0.05, 0) is 25.1 Å². The standard InChI is InChI=1S/C12H13N3O.C2H6/c1-9-7-11(8-13-9)15-12(16)14-10-5-3-2-4-6-10;1-2/h2-8,13H,1H3,(H2,14,15,16);1-2H3. The molecule has 0 aliphatic rings. The van der Waals surface area contributed by atoms with Crippen LogP contribution >= 0.6 is 0 Å². The van der Waals surface area contributed by atoms with Crippen molar-refractivity contribution in [3.63, 3.8) is 0 Å². The molecule has 2 amide bonds. The van der Waals surface area contributed by atoms with E-state index in [4.69, 9.17) is 0 Å². The third-order valence-corrected chi connectivity index (χ3v) is 2.12. The summed E-state index contributed by atoms with van der Waals surface area (Å²) >= 11 is 0. The van der Waals surface area contributed by atoms with E-state index in [0.717, 1.165) is 17.1 Å². The zero-order chi connectivity index (χ0) is 13.4. The number of aryl methyl sites for hydroxylation is 1. The molecule has 0 saturated carbocycles. The number of anilines is 2. The van der Waals surface area contributed by atoms with E-state index in [0.29, 0.717) is 0 Å². The first-order valence-electron chi connectivity index (χ1n) is 6.02. The van der Waals surface area contributed by atoms with Gasteiger partial charge in [-0.25, -0.2) is 4.79 Å². The minimum atomic E-state index is -0.245. The fraction of sp³-hybridized carbons (Fsp3) is 0.214. The van der Waals surface area contributed by atoms with Gasteiger partial charge < -0.3 is 15.6 Å². The zero-order valence-electron chi connectivity index (χ0n) is 10.9. The first kappa shape index (κ1) is 13.8. The quantitative estimate of drug-likeness (QED) is 0.736. The van der Waals surface area contributed by atoms with E-state index in [1.807, 2.05) is 57.2 Å². The lowest BCUT2D eigenvalue weighted by atomic mass is 10.3. The molecule has 1 aromatic heterocycles. The molecule has 0 spiro atoms. The van der Waals surface area contributed by atoms with Gasteiger partial charge in [0.25, 0.3) is 0 Å². The van der Waals surface area contributed by atoms with Crippen LogP contribution in [-0.2, 0) is 0 Å². The Morgan fingerprint density at radius 2 is 1.67 bits per heavy atom. The number of urea groups is 1. The van der Waals surface area contributed by atoms with Gasteiger partial charge >= 0.3 is 6.03 Å². The number of nitrogens with one attached hydrogen (secondary N) is 3. The van der Waals surface area contributed by atoms with Crippen molar-refractivity contribution in [1.29, 1.82) is 0 Å². The van der Waals surface area contributed by atoms with Gasteiger partial charge in [-0.3, -0.25) is 0 Å². The van der Waals surface area contributed by atoms with E-state index < -0.39 is 0 Å². The van der Waals surface area contributed by atoms with Crippen LogP contribution in [0, 0.1) is 6.92 Å². The van der Waals surface area contributed by atoms with Gasteiger partial charge in [-0.15, -0.1) is 0 Å². The molecule has 0 unspecified atom stereocenters. The average molecular weight is 245 g/mol. The van der Waals surface area contributed by atoms with E-state index in [-0.39, 0.29) is 6.03 Å². The fourth-order valence-electron chi connectivity index (χ4n) is 1.40. The van der Waals surface area contributed by atoms with Gasteiger partial charge in [0.05, 0.1) is 5.69 Å². The topological polar surface area (TPSA) is 56.9 Å². The fourth-order valence-corrected chi connectivity index (χ4v) is 1.40. The number of hydrogen-bond donors (Lipinski definition) is 3. The smallest absolute Gasteiger partial charge is 0.323 e. The highest BCUT2D eigenvalue weighted by atomic mass is 16.2. The second-order valence-corrected chi connectivity index (χ2v) is 3.52. The van der Waals surface area contributed by atoms with Crippen LogP contribution in [0.2, 0.25) is 0 Å². The summed E-state index contributed by atoms with van der Waals surface area (Å²) < 4.78 is 0. The summed E-state index contributed by atoms with van der Waals surface area (Å²) in [5.74, 6) is 0. The van der Waals surface area contributed by atoms with Crippen LogP contribution in [0.1, 0.15) is 19.5 Å². The minimum absolute atomic E-state index is 0.245. The highest BCUT2D eigenvalue weighted by Gasteiger charge is 2.02. The highest BCUT2D eigenvalue weighted by Crippen LogP contribution is 2.10.